The Morgan fingerprint density at radius 1 is 1.18 bits per heavy atom. The average Bonchev–Trinajstić information content (AvgIpc) is 2.56. The molecule has 1 N–H and O–H groups in total. The molecule has 0 bridgehead atoms. The number of aliphatic hydroxyl groups is 1. The Hall–Kier alpha value is -0.570. The molecule has 2 rings (SSSR count). The summed E-state index contributed by atoms with van der Waals surface area (Å²) in [7, 11) is 0. The summed E-state index contributed by atoms with van der Waals surface area (Å²) in [4.78, 5) is 2.39. The molecule has 3 heteroatoms. The minimum atomic E-state index is -0.742. The minimum Gasteiger partial charge on any atom is -0.385 e. The van der Waals surface area contributed by atoms with Crippen LogP contribution in [0.1, 0.15) is 57.9 Å². The van der Waals surface area contributed by atoms with Crippen molar-refractivity contribution in [2.45, 2.75) is 58.0 Å². The van der Waals surface area contributed by atoms with Gasteiger partial charge in [-0.15, -0.1) is 0 Å². The van der Waals surface area contributed by atoms with Crippen LogP contribution in [0.25, 0.3) is 0 Å². The Morgan fingerprint density at radius 2 is 1.86 bits per heavy atom. The van der Waals surface area contributed by atoms with Gasteiger partial charge in [-0.3, -0.25) is 0 Å². The van der Waals surface area contributed by atoms with E-state index in [1.54, 1.807) is 0 Å². The molecule has 0 saturated heterocycles. The third kappa shape index (κ3) is 4.24. The standard InChI is InChI=1S/C19H30ClNO/c1-3-21(4-2)14-13-19(22,16-9-6-5-7-10-16)17-11-8-12-18(20)15-17/h8,11-12,15-16,22H,3-7,9-10,13-14H2,1-2H3/t19-/m0/s1. The topological polar surface area (TPSA) is 23.5 Å². The predicted molar refractivity (Wildman–Crippen MR) is 94.3 cm³/mol. The zero-order chi connectivity index (χ0) is 16.0. The van der Waals surface area contributed by atoms with Gasteiger partial charge in [-0.05, 0) is 56.0 Å². The maximum atomic E-state index is 11.6. The van der Waals surface area contributed by atoms with E-state index in [-0.39, 0.29) is 0 Å². The Morgan fingerprint density at radius 3 is 2.45 bits per heavy atom. The van der Waals surface area contributed by atoms with Crippen molar-refractivity contribution >= 4 is 11.6 Å². The Kier molecular flexibility index (Phi) is 6.73. The van der Waals surface area contributed by atoms with Crippen LogP contribution in [0.5, 0.6) is 0 Å². The number of hydrogen-bond donors (Lipinski definition) is 1. The predicted octanol–water partition coefficient (Wildman–Crippen LogP) is 4.84. The van der Waals surface area contributed by atoms with Crippen molar-refractivity contribution in [3.05, 3.63) is 34.9 Å². The molecular formula is C19H30ClNO. The van der Waals surface area contributed by atoms with Crippen molar-refractivity contribution < 1.29 is 5.11 Å². The molecule has 1 aliphatic rings. The molecule has 1 fully saturated rings. The van der Waals surface area contributed by atoms with Crippen molar-refractivity contribution in [2.75, 3.05) is 19.6 Å². The number of halogens is 1. The first kappa shape index (κ1) is 17.8. The van der Waals surface area contributed by atoms with Crippen LogP contribution in [0.4, 0.5) is 0 Å². The first-order chi connectivity index (χ1) is 10.6. The average molecular weight is 324 g/mol. The third-order valence-corrected chi connectivity index (χ3v) is 5.54. The molecule has 1 aromatic rings. The van der Waals surface area contributed by atoms with Gasteiger partial charge in [0, 0.05) is 11.6 Å². The van der Waals surface area contributed by atoms with Gasteiger partial charge in [0.2, 0.25) is 0 Å². The van der Waals surface area contributed by atoms with E-state index < -0.39 is 5.60 Å². The summed E-state index contributed by atoms with van der Waals surface area (Å²) in [6.07, 6.45) is 6.82. The molecule has 1 atom stereocenters. The molecule has 22 heavy (non-hydrogen) atoms. The van der Waals surface area contributed by atoms with Crippen LogP contribution in [0.15, 0.2) is 24.3 Å². The summed E-state index contributed by atoms with van der Waals surface area (Å²) in [6.45, 7) is 7.37. The molecule has 1 saturated carbocycles. The number of rotatable bonds is 7. The first-order valence-electron chi connectivity index (χ1n) is 8.81. The number of hydrogen-bond acceptors (Lipinski definition) is 2. The van der Waals surface area contributed by atoms with Crippen molar-refractivity contribution in [1.29, 1.82) is 0 Å². The minimum absolute atomic E-state index is 0.357. The second-order valence-electron chi connectivity index (χ2n) is 6.55. The summed E-state index contributed by atoms with van der Waals surface area (Å²) < 4.78 is 0. The second-order valence-corrected chi connectivity index (χ2v) is 6.98. The van der Waals surface area contributed by atoms with E-state index in [2.05, 4.69) is 18.7 Å². The van der Waals surface area contributed by atoms with Gasteiger partial charge in [-0.2, -0.15) is 0 Å². The van der Waals surface area contributed by atoms with Crippen LogP contribution in [-0.4, -0.2) is 29.6 Å². The summed E-state index contributed by atoms with van der Waals surface area (Å²) in [5.41, 5.74) is 0.257. The van der Waals surface area contributed by atoms with Gasteiger partial charge in [0.1, 0.15) is 0 Å². The molecule has 0 unspecified atom stereocenters. The third-order valence-electron chi connectivity index (χ3n) is 5.31. The number of benzene rings is 1. The monoisotopic (exact) mass is 323 g/mol. The maximum absolute atomic E-state index is 11.6. The van der Waals surface area contributed by atoms with Gasteiger partial charge in [-0.25, -0.2) is 0 Å². The van der Waals surface area contributed by atoms with E-state index in [1.165, 1.54) is 19.3 Å². The normalized spacial score (nSPS) is 19.3. The van der Waals surface area contributed by atoms with E-state index in [0.29, 0.717) is 5.92 Å². The smallest absolute Gasteiger partial charge is 0.0937 e. The van der Waals surface area contributed by atoms with Crippen LogP contribution in [0.3, 0.4) is 0 Å². The molecule has 0 heterocycles. The molecule has 0 aromatic heterocycles. The van der Waals surface area contributed by atoms with Crippen molar-refractivity contribution in [2.24, 2.45) is 5.92 Å². The first-order valence-corrected chi connectivity index (χ1v) is 9.18. The van der Waals surface area contributed by atoms with Gasteiger partial charge < -0.3 is 10.0 Å². The molecule has 2 nitrogen and oxygen atoms in total. The van der Waals surface area contributed by atoms with E-state index in [1.807, 2.05) is 24.3 Å². The highest BCUT2D eigenvalue weighted by atomic mass is 35.5. The lowest BCUT2D eigenvalue weighted by molar-refractivity contribution is -0.0516. The zero-order valence-electron chi connectivity index (χ0n) is 14.0. The van der Waals surface area contributed by atoms with Crippen LogP contribution in [0.2, 0.25) is 5.02 Å². The fourth-order valence-electron chi connectivity index (χ4n) is 3.79. The summed E-state index contributed by atoms with van der Waals surface area (Å²) in [5.74, 6) is 0.357. The molecule has 1 aliphatic carbocycles. The molecule has 0 amide bonds. The highest BCUT2D eigenvalue weighted by Crippen LogP contribution is 2.42. The number of nitrogens with zero attached hydrogens (tertiary/aromatic N) is 1. The van der Waals surface area contributed by atoms with E-state index in [9.17, 15) is 5.11 Å². The van der Waals surface area contributed by atoms with Gasteiger partial charge in [0.05, 0.1) is 5.60 Å². The highest BCUT2D eigenvalue weighted by Gasteiger charge is 2.38. The van der Waals surface area contributed by atoms with E-state index in [0.717, 1.165) is 49.5 Å². The zero-order valence-corrected chi connectivity index (χ0v) is 14.8. The highest BCUT2D eigenvalue weighted by molar-refractivity contribution is 6.30. The van der Waals surface area contributed by atoms with Gasteiger partial charge >= 0.3 is 0 Å². The van der Waals surface area contributed by atoms with Gasteiger partial charge in [0.25, 0.3) is 0 Å². The fraction of sp³-hybridized carbons (Fsp3) is 0.684. The summed E-state index contributed by atoms with van der Waals surface area (Å²) >= 11 is 6.19. The summed E-state index contributed by atoms with van der Waals surface area (Å²) in [6, 6.07) is 7.85. The molecule has 1 aromatic carbocycles. The maximum Gasteiger partial charge on any atom is 0.0937 e. The van der Waals surface area contributed by atoms with Crippen LogP contribution >= 0.6 is 11.6 Å². The Balaban J connectivity index is 2.22. The lowest BCUT2D eigenvalue weighted by Gasteiger charge is -2.40. The van der Waals surface area contributed by atoms with Crippen molar-refractivity contribution in [1.82, 2.24) is 4.90 Å². The lowest BCUT2D eigenvalue weighted by atomic mass is 9.71. The van der Waals surface area contributed by atoms with Crippen LogP contribution in [-0.2, 0) is 5.60 Å². The molecule has 124 valence electrons. The molecule has 0 spiro atoms. The van der Waals surface area contributed by atoms with Crippen LogP contribution < -0.4 is 0 Å². The SMILES string of the molecule is CCN(CC)CC[C@@](O)(c1cccc(Cl)c1)C1CCCCC1. The second kappa shape index (κ2) is 8.33. The lowest BCUT2D eigenvalue weighted by Crippen LogP contribution is -2.40. The largest absolute Gasteiger partial charge is 0.385 e. The fourth-order valence-corrected chi connectivity index (χ4v) is 3.98. The van der Waals surface area contributed by atoms with Gasteiger partial charge in [-0.1, -0.05) is 56.8 Å². The quantitative estimate of drug-likeness (QED) is 0.776. The van der Waals surface area contributed by atoms with Gasteiger partial charge in [0.15, 0.2) is 0 Å². The van der Waals surface area contributed by atoms with Crippen LogP contribution in [0, 0.1) is 5.92 Å². The van der Waals surface area contributed by atoms with Crippen molar-refractivity contribution in [3.63, 3.8) is 0 Å². The molecular weight excluding hydrogens is 294 g/mol. The Labute approximate surface area is 140 Å². The molecule has 0 radical (unpaired) electrons. The summed E-state index contributed by atoms with van der Waals surface area (Å²) in [5, 5.41) is 12.3. The Bertz CT molecular complexity index is 455. The molecule has 0 aliphatic heterocycles. The van der Waals surface area contributed by atoms with E-state index in [4.69, 9.17) is 11.6 Å². The van der Waals surface area contributed by atoms with Crippen molar-refractivity contribution in [3.8, 4) is 0 Å². The van der Waals surface area contributed by atoms with E-state index >= 15 is 0 Å².